The maximum atomic E-state index is 13.9. The molecule has 0 heterocycles. The van der Waals surface area contributed by atoms with Crippen molar-refractivity contribution >= 4 is 6.08 Å². The molecule has 0 radical (unpaired) electrons. The van der Waals surface area contributed by atoms with Crippen LogP contribution in [-0.2, 0) is 4.74 Å². The van der Waals surface area contributed by atoms with Crippen LogP contribution in [0.1, 0.15) is 39.2 Å². The summed E-state index contributed by atoms with van der Waals surface area (Å²) in [4.78, 5) is 0. The molecule has 0 aliphatic carbocycles. The summed E-state index contributed by atoms with van der Waals surface area (Å²) in [6.45, 7) is 13.4. The SMILES string of the molecule is C=C(OCC)/C(F)=C\C(=C)C(C)CCC(C)/C=C/c1ccc(O)c(F)c1F. The second-order valence-electron chi connectivity index (χ2n) is 6.54. The molecule has 0 saturated heterocycles. The minimum atomic E-state index is -1.25. The Balaban J connectivity index is 2.60. The van der Waals surface area contributed by atoms with Crippen molar-refractivity contribution in [2.24, 2.45) is 11.8 Å². The maximum Gasteiger partial charge on any atom is 0.200 e. The normalized spacial score (nSPS) is 14.2. The first kappa shape index (κ1) is 22.6. The van der Waals surface area contributed by atoms with Crippen molar-refractivity contribution in [3.05, 3.63) is 71.8 Å². The molecule has 148 valence electrons. The monoisotopic (exact) mass is 380 g/mol. The summed E-state index contributed by atoms with van der Waals surface area (Å²) < 4.78 is 46.0. The highest BCUT2D eigenvalue weighted by Crippen LogP contribution is 2.25. The van der Waals surface area contributed by atoms with Gasteiger partial charge in [0.2, 0.25) is 5.82 Å². The van der Waals surface area contributed by atoms with Crippen molar-refractivity contribution in [2.45, 2.75) is 33.6 Å². The van der Waals surface area contributed by atoms with Crippen molar-refractivity contribution in [1.82, 2.24) is 0 Å². The van der Waals surface area contributed by atoms with E-state index in [0.717, 1.165) is 18.9 Å². The third-order valence-electron chi connectivity index (χ3n) is 4.28. The molecule has 1 aromatic rings. The molecule has 0 aliphatic heterocycles. The first-order valence-electron chi connectivity index (χ1n) is 8.90. The predicted octanol–water partition coefficient (Wildman–Crippen LogP) is 6.70. The fraction of sp³-hybridized carbons (Fsp3) is 0.364. The Morgan fingerprint density at radius 2 is 1.85 bits per heavy atom. The standard InChI is InChI=1S/C22H27F3O2/c1-6-27-17(5)19(23)13-16(4)15(3)9-7-14(2)8-10-18-11-12-20(26)22(25)21(18)24/h8,10-15,26H,4-7,9H2,1-3H3/b10-8+,19-13+. The zero-order chi connectivity index (χ0) is 20.6. The highest BCUT2D eigenvalue weighted by Gasteiger charge is 2.12. The van der Waals surface area contributed by atoms with E-state index in [-0.39, 0.29) is 23.2 Å². The van der Waals surface area contributed by atoms with Crippen LogP contribution in [0.25, 0.3) is 6.08 Å². The fourth-order valence-corrected chi connectivity index (χ4v) is 2.37. The van der Waals surface area contributed by atoms with E-state index >= 15 is 0 Å². The Kier molecular flexibility index (Phi) is 8.92. The Bertz CT molecular complexity index is 735. The smallest absolute Gasteiger partial charge is 0.200 e. The first-order valence-corrected chi connectivity index (χ1v) is 8.90. The maximum absolute atomic E-state index is 13.9. The Labute approximate surface area is 159 Å². The van der Waals surface area contributed by atoms with Crippen LogP contribution < -0.4 is 0 Å². The fourth-order valence-electron chi connectivity index (χ4n) is 2.37. The third kappa shape index (κ3) is 7.00. The minimum Gasteiger partial charge on any atom is -0.505 e. The molecule has 0 spiro atoms. The summed E-state index contributed by atoms with van der Waals surface area (Å²) in [5.41, 5.74) is 0.713. The summed E-state index contributed by atoms with van der Waals surface area (Å²) in [6.07, 6.45) is 6.12. The van der Waals surface area contributed by atoms with Gasteiger partial charge in [0.05, 0.1) is 6.61 Å². The molecule has 0 amide bonds. The molecule has 2 atom stereocenters. The number of hydrogen-bond acceptors (Lipinski definition) is 2. The van der Waals surface area contributed by atoms with Gasteiger partial charge in [-0.25, -0.2) is 8.78 Å². The van der Waals surface area contributed by atoms with Gasteiger partial charge in [-0.3, -0.25) is 0 Å². The van der Waals surface area contributed by atoms with Crippen molar-refractivity contribution in [2.75, 3.05) is 6.61 Å². The molecule has 0 aliphatic rings. The minimum absolute atomic E-state index is 0.00897. The molecule has 27 heavy (non-hydrogen) atoms. The van der Waals surface area contributed by atoms with E-state index in [1.807, 2.05) is 13.8 Å². The van der Waals surface area contributed by atoms with E-state index in [0.29, 0.717) is 12.2 Å². The van der Waals surface area contributed by atoms with Crippen LogP contribution in [0.2, 0.25) is 0 Å². The lowest BCUT2D eigenvalue weighted by Crippen LogP contribution is -2.01. The zero-order valence-corrected chi connectivity index (χ0v) is 16.1. The van der Waals surface area contributed by atoms with Gasteiger partial charge in [-0.2, -0.15) is 4.39 Å². The van der Waals surface area contributed by atoms with E-state index in [4.69, 9.17) is 9.84 Å². The summed E-state index contributed by atoms with van der Waals surface area (Å²) in [7, 11) is 0. The number of benzene rings is 1. The summed E-state index contributed by atoms with van der Waals surface area (Å²) in [5.74, 6) is -3.44. The average molecular weight is 380 g/mol. The number of rotatable bonds is 10. The summed E-state index contributed by atoms with van der Waals surface area (Å²) in [6, 6.07) is 2.44. The van der Waals surface area contributed by atoms with Crippen LogP contribution in [0, 0.1) is 23.5 Å². The number of aromatic hydroxyl groups is 1. The number of allylic oxidation sites excluding steroid dienone is 4. The van der Waals surface area contributed by atoms with Crippen molar-refractivity contribution in [3.8, 4) is 5.75 Å². The topological polar surface area (TPSA) is 29.5 Å². The van der Waals surface area contributed by atoms with Crippen LogP contribution in [-0.4, -0.2) is 11.7 Å². The van der Waals surface area contributed by atoms with Crippen molar-refractivity contribution < 1.29 is 23.0 Å². The van der Waals surface area contributed by atoms with E-state index in [2.05, 4.69) is 13.2 Å². The van der Waals surface area contributed by atoms with Gasteiger partial charge in [0.25, 0.3) is 0 Å². The molecule has 0 aromatic heterocycles. The average Bonchev–Trinajstić information content (AvgIpc) is 2.63. The van der Waals surface area contributed by atoms with Crippen LogP contribution >= 0.6 is 0 Å². The number of ether oxygens (including phenoxy) is 1. The largest absolute Gasteiger partial charge is 0.505 e. The molecular formula is C22H27F3O2. The predicted molar refractivity (Wildman–Crippen MR) is 104 cm³/mol. The van der Waals surface area contributed by atoms with Gasteiger partial charge in [0.1, 0.15) is 5.76 Å². The zero-order valence-electron chi connectivity index (χ0n) is 16.1. The van der Waals surface area contributed by atoms with Gasteiger partial charge in [-0.1, -0.05) is 39.2 Å². The van der Waals surface area contributed by atoms with Gasteiger partial charge in [-0.15, -0.1) is 0 Å². The van der Waals surface area contributed by atoms with Gasteiger partial charge < -0.3 is 9.84 Å². The lowest BCUT2D eigenvalue weighted by molar-refractivity contribution is 0.226. The highest BCUT2D eigenvalue weighted by molar-refractivity contribution is 5.52. The van der Waals surface area contributed by atoms with E-state index < -0.39 is 23.2 Å². The molecular weight excluding hydrogens is 353 g/mol. The van der Waals surface area contributed by atoms with Crippen LogP contribution in [0.4, 0.5) is 13.2 Å². The van der Waals surface area contributed by atoms with Gasteiger partial charge in [-0.05, 0) is 55.4 Å². The molecule has 0 fully saturated rings. The number of phenols is 1. The molecule has 1 N–H and O–H groups in total. The molecule has 0 saturated carbocycles. The van der Waals surface area contributed by atoms with E-state index in [9.17, 15) is 13.2 Å². The second-order valence-corrected chi connectivity index (χ2v) is 6.54. The van der Waals surface area contributed by atoms with Crippen LogP contribution in [0.15, 0.2) is 54.6 Å². The van der Waals surface area contributed by atoms with Gasteiger partial charge >= 0.3 is 0 Å². The van der Waals surface area contributed by atoms with E-state index in [1.54, 1.807) is 13.0 Å². The molecule has 5 heteroatoms. The van der Waals surface area contributed by atoms with Crippen molar-refractivity contribution in [1.29, 1.82) is 0 Å². The van der Waals surface area contributed by atoms with Crippen LogP contribution in [0.3, 0.4) is 0 Å². The summed E-state index contributed by atoms with van der Waals surface area (Å²) >= 11 is 0. The Morgan fingerprint density at radius 1 is 1.19 bits per heavy atom. The van der Waals surface area contributed by atoms with Crippen LogP contribution in [0.5, 0.6) is 5.75 Å². The molecule has 2 unspecified atom stereocenters. The molecule has 1 rings (SSSR count). The highest BCUT2D eigenvalue weighted by atomic mass is 19.2. The first-order chi connectivity index (χ1) is 12.7. The van der Waals surface area contributed by atoms with Crippen molar-refractivity contribution in [3.63, 3.8) is 0 Å². The Hall–Kier alpha value is -2.43. The number of hydrogen-bond donors (Lipinski definition) is 1. The summed E-state index contributed by atoms with van der Waals surface area (Å²) in [5, 5.41) is 9.13. The van der Waals surface area contributed by atoms with E-state index in [1.165, 1.54) is 18.2 Å². The lowest BCUT2D eigenvalue weighted by Gasteiger charge is -2.14. The molecule has 1 aromatic carbocycles. The second kappa shape index (κ2) is 10.7. The number of halogens is 3. The third-order valence-corrected chi connectivity index (χ3v) is 4.28. The molecule has 0 bridgehead atoms. The lowest BCUT2D eigenvalue weighted by atomic mass is 9.92. The molecule has 2 nitrogen and oxygen atoms in total. The number of phenolic OH excluding ortho intramolecular Hbond substituents is 1. The van der Waals surface area contributed by atoms with Gasteiger partial charge in [0.15, 0.2) is 17.4 Å². The quantitative estimate of drug-likeness (QED) is 0.362. The van der Waals surface area contributed by atoms with Gasteiger partial charge in [0, 0.05) is 5.56 Å². The Morgan fingerprint density at radius 3 is 2.48 bits per heavy atom.